The molecule has 1 aliphatic rings. The minimum Gasteiger partial charge on any atom is -0.464 e. The molecule has 1 aliphatic heterocycles. The number of nitrogens with one attached hydrogen (secondary N) is 2. The number of carbonyl (C=O) groups excluding carboxylic acids is 3. The average molecular weight is 441 g/mol. The SMILES string of the molecule is CCOC(=O)[C@H]1OS(=O)(=O)O[C@@H]1C(=O)N[C@H](CC)SCC(=O)NCCC(C)C. The summed E-state index contributed by atoms with van der Waals surface area (Å²) in [6.45, 7) is 8.01. The molecule has 0 aromatic rings. The normalized spacial score (nSPS) is 21.9. The van der Waals surface area contributed by atoms with E-state index in [2.05, 4.69) is 32.8 Å². The third-order valence-electron chi connectivity index (χ3n) is 3.63. The maximum atomic E-state index is 12.4. The summed E-state index contributed by atoms with van der Waals surface area (Å²) in [7, 11) is -4.47. The van der Waals surface area contributed by atoms with Crippen LogP contribution in [0, 0.1) is 5.92 Å². The molecule has 2 N–H and O–H groups in total. The van der Waals surface area contributed by atoms with Gasteiger partial charge in [0.2, 0.25) is 12.0 Å². The smallest absolute Gasteiger partial charge is 0.401 e. The number of ether oxygens (including phenoxy) is 1. The molecule has 2 amide bonds. The first-order valence-corrected chi connectivity index (χ1v) is 11.4. The van der Waals surface area contributed by atoms with E-state index in [1.165, 1.54) is 18.7 Å². The summed E-state index contributed by atoms with van der Waals surface area (Å²) >= 11 is 1.19. The van der Waals surface area contributed by atoms with Crippen LogP contribution in [0.1, 0.15) is 40.5 Å². The lowest BCUT2D eigenvalue weighted by atomic mass is 10.1. The van der Waals surface area contributed by atoms with Gasteiger partial charge in [-0.3, -0.25) is 9.59 Å². The highest BCUT2D eigenvalue weighted by Gasteiger charge is 2.50. The molecule has 0 spiro atoms. The van der Waals surface area contributed by atoms with Crippen molar-refractivity contribution in [3.63, 3.8) is 0 Å². The molecule has 1 fully saturated rings. The number of hydrogen-bond acceptors (Lipinski definition) is 9. The van der Waals surface area contributed by atoms with Gasteiger partial charge in [0.25, 0.3) is 5.91 Å². The van der Waals surface area contributed by atoms with Crippen molar-refractivity contribution in [2.24, 2.45) is 5.92 Å². The van der Waals surface area contributed by atoms with Crippen LogP contribution < -0.4 is 10.6 Å². The molecule has 0 saturated carbocycles. The van der Waals surface area contributed by atoms with Gasteiger partial charge in [-0.25, -0.2) is 13.2 Å². The van der Waals surface area contributed by atoms with Gasteiger partial charge < -0.3 is 15.4 Å². The summed E-state index contributed by atoms with van der Waals surface area (Å²) in [5.74, 6) is -1.40. The maximum Gasteiger partial charge on any atom is 0.401 e. The van der Waals surface area contributed by atoms with Crippen LogP contribution >= 0.6 is 11.8 Å². The van der Waals surface area contributed by atoms with Crippen molar-refractivity contribution in [3.8, 4) is 0 Å². The highest BCUT2D eigenvalue weighted by atomic mass is 32.3. The lowest BCUT2D eigenvalue weighted by Gasteiger charge is -2.19. The van der Waals surface area contributed by atoms with E-state index in [1.807, 2.05) is 0 Å². The largest absolute Gasteiger partial charge is 0.464 e. The second-order valence-electron chi connectivity index (χ2n) is 6.44. The van der Waals surface area contributed by atoms with Gasteiger partial charge in [0, 0.05) is 6.54 Å². The molecule has 12 heteroatoms. The summed E-state index contributed by atoms with van der Waals surface area (Å²) in [5.41, 5.74) is 0. The fraction of sp³-hybridized carbons (Fsp3) is 0.812. The zero-order valence-corrected chi connectivity index (χ0v) is 18.1. The van der Waals surface area contributed by atoms with Crippen molar-refractivity contribution >= 4 is 39.9 Å². The van der Waals surface area contributed by atoms with Crippen LogP contribution in [0.15, 0.2) is 0 Å². The number of carbonyl (C=O) groups is 3. The molecule has 1 saturated heterocycles. The molecule has 162 valence electrons. The Bertz CT molecular complexity index is 653. The second kappa shape index (κ2) is 11.6. The molecule has 0 unspecified atom stereocenters. The Hall–Kier alpha value is -1.37. The Balaban J connectivity index is 2.59. The maximum absolute atomic E-state index is 12.4. The molecule has 1 heterocycles. The number of thioether (sulfide) groups is 1. The van der Waals surface area contributed by atoms with Crippen LogP contribution in [0.25, 0.3) is 0 Å². The van der Waals surface area contributed by atoms with E-state index in [1.54, 1.807) is 6.92 Å². The predicted octanol–water partition coefficient (Wildman–Crippen LogP) is 0.326. The third-order valence-corrected chi connectivity index (χ3v) is 5.80. The van der Waals surface area contributed by atoms with Gasteiger partial charge in [-0.05, 0) is 25.7 Å². The Morgan fingerprint density at radius 1 is 1.14 bits per heavy atom. The van der Waals surface area contributed by atoms with Crippen molar-refractivity contribution in [3.05, 3.63) is 0 Å². The molecule has 1 rings (SSSR count). The van der Waals surface area contributed by atoms with Crippen LogP contribution in [0.2, 0.25) is 0 Å². The van der Waals surface area contributed by atoms with E-state index < -0.39 is 39.9 Å². The van der Waals surface area contributed by atoms with E-state index in [0.717, 1.165) is 6.42 Å². The van der Waals surface area contributed by atoms with Crippen molar-refractivity contribution in [1.29, 1.82) is 0 Å². The fourth-order valence-electron chi connectivity index (χ4n) is 2.18. The molecule has 0 radical (unpaired) electrons. The summed E-state index contributed by atoms with van der Waals surface area (Å²) in [5, 5.41) is 4.89. The van der Waals surface area contributed by atoms with Gasteiger partial charge in [-0.1, -0.05) is 20.8 Å². The number of hydrogen-bond donors (Lipinski definition) is 2. The Morgan fingerprint density at radius 2 is 1.79 bits per heavy atom. The number of esters is 1. The molecule has 0 bridgehead atoms. The van der Waals surface area contributed by atoms with Gasteiger partial charge in [0.1, 0.15) is 0 Å². The Morgan fingerprint density at radius 3 is 2.36 bits per heavy atom. The van der Waals surface area contributed by atoms with E-state index >= 15 is 0 Å². The van der Waals surface area contributed by atoms with E-state index in [-0.39, 0.29) is 18.3 Å². The zero-order chi connectivity index (χ0) is 21.3. The summed E-state index contributed by atoms with van der Waals surface area (Å²) < 4.78 is 36.8. The highest BCUT2D eigenvalue weighted by Crippen LogP contribution is 2.23. The van der Waals surface area contributed by atoms with Crippen LogP contribution in [0.5, 0.6) is 0 Å². The minimum absolute atomic E-state index is 0.00750. The van der Waals surface area contributed by atoms with E-state index in [9.17, 15) is 22.8 Å². The van der Waals surface area contributed by atoms with Crippen molar-refractivity contribution in [1.82, 2.24) is 10.6 Å². The first kappa shape index (κ1) is 24.7. The number of amides is 2. The summed E-state index contributed by atoms with van der Waals surface area (Å²) in [6, 6.07) is 0. The van der Waals surface area contributed by atoms with Gasteiger partial charge in [-0.15, -0.1) is 11.8 Å². The molecule has 0 aliphatic carbocycles. The molecule has 0 aromatic heterocycles. The fourth-order valence-corrected chi connectivity index (χ4v) is 3.99. The number of rotatable bonds is 11. The van der Waals surface area contributed by atoms with Gasteiger partial charge in [0.15, 0.2) is 6.10 Å². The standard InChI is InChI=1S/C16H28N2O8S2/c1-5-12(27-9-11(19)17-8-7-10(3)4)18-15(20)13-14(16(21)24-6-2)26-28(22,23)25-13/h10,12-14H,5-9H2,1-4H3,(H,17,19)(H,18,20)/t12-,13-,14-/m0/s1. The van der Waals surface area contributed by atoms with Crippen LogP contribution in [0.3, 0.4) is 0 Å². The van der Waals surface area contributed by atoms with Gasteiger partial charge in [0.05, 0.1) is 17.7 Å². The van der Waals surface area contributed by atoms with Gasteiger partial charge >= 0.3 is 16.4 Å². The van der Waals surface area contributed by atoms with E-state index in [0.29, 0.717) is 18.9 Å². The van der Waals surface area contributed by atoms with Crippen molar-refractivity contribution in [2.45, 2.75) is 58.1 Å². The molecule has 10 nitrogen and oxygen atoms in total. The van der Waals surface area contributed by atoms with Crippen molar-refractivity contribution < 1.29 is 35.9 Å². The summed E-state index contributed by atoms with van der Waals surface area (Å²) in [6.07, 6.45) is -2.04. The first-order chi connectivity index (χ1) is 13.1. The van der Waals surface area contributed by atoms with Crippen LogP contribution in [0.4, 0.5) is 0 Å². The second-order valence-corrected chi connectivity index (χ2v) is 8.84. The lowest BCUT2D eigenvalue weighted by Crippen LogP contribution is -2.47. The van der Waals surface area contributed by atoms with Crippen LogP contribution in [-0.4, -0.2) is 62.7 Å². The third kappa shape index (κ3) is 8.33. The Labute approximate surface area is 169 Å². The predicted molar refractivity (Wildman–Crippen MR) is 102 cm³/mol. The first-order valence-electron chi connectivity index (χ1n) is 9.06. The van der Waals surface area contributed by atoms with Crippen LogP contribution in [-0.2, 0) is 37.9 Å². The monoisotopic (exact) mass is 440 g/mol. The quantitative estimate of drug-likeness (QED) is 0.344. The molecule has 0 aromatic carbocycles. The minimum atomic E-state index is -4.47. The molecular formula is C16H28N2O8S2. The summed E-state index contributed by atoms with van der Waals surface area (Å²) in [4.78, 5) is 36.1. The highest BCUT2D eigenvalue weighted by molar-refractivity contribution is 8.00. The topological polar surface area (TPSA) is 137 Å². The molecule has 28 heavy (non-hydrogen) atoms. The van der Waals surface area contributed by atoms with E-state index in [4.69, 9.17) is 4.74 Å². The average Bonchev–Trinajstić information content (AvgIpc) is 2.94. The zero-order valence-electron chi connectivity index (χ0n) is 16.4. The molecule has 3 atom stereocenters. The molecular weight excluding hydrogens is 412 g/mol. The Kier molecular flexibility index (Phi) is 10.2. The van der Waals surface area contributed by atoms with Crippen molar-refractivity contribution in [2.75, 3.05) is 18.9 Å². The lowest BCUT2D eigenvalue weighted by molar-refractivity contribution is -0.155. The van der Waals surface area contributed by atoms with Gasteiger partial charge in [-0.2, -0.15) is 8.42 Å².